The summed E-state index contributed by atoms with van der Waals surface area (Å²) in [4.78, 5) is 11.7. The fourth-order valence-corrected chi connectivity index (χ4v) is 5.65. The first-order valence-corrected chi connectivity index (χ1v) is 9.06. The predicted octanol–water partition coefficient (Wildman–Crippen LogP) is 1.95. The number of rotatable bonds is 3. The van der Waals surface area contributed by atoms with E-state index in [4.69, 9.17) is 0 Å². The van der Waals surface area contributed by atoms with E-state index in [1.54, 1.807) is 0 Å². The summed E-state index contributed by atoms with van der Waals surface area (Å²) in [5.74, 6) is 0. The molecule has 0 amide bonds. The van der Waals surface area contributed by atoms with Gasteiger partial charge in [-0.1, -0.05) is 90.5 Å². The summed E-state index contributed by atoms with van der Waals surface area (Å²) >= 11 is 0. The minimum atomic E-state index is -2.90. The molecule has 21 heavy (non-hydrogen) atoms. The van der Waals surface area contributed by atoms with Gasteiger partial charge in [-0.05, 0) is 22.5 Å². The highest BCUT2D eigenvalue weighted by Gasteiger charge is 2.37. The molecule has 0 spiro atoms. The topological polar surface area (TPSA) is 20.2 Å². The van der Waals surface area contributed by atoms with E-state index in [9.17, 15) is 4.80 Å². The van der Waals surface area contributed by atoms with Crippen molar-refractivity contribution in [3.05, 3.63) is 90.5 Å². The molecule has 0 aromatic heterocycles. The Morgan fingerprint density at radius 1 is 0.571 bits per heavy atom. The van der Waals surface area contributed by atoms with Crippen LogP contribution in [0.4, 0.5) is 0 Å². The van der Waals surface area contributed by atoms with Gasteiger partial charge in [-0.2, -0.15) is 0 Å². The summed E-state index contributed by atoms with van der Waals surface area (Å²) in [5, 5.41) is 3.05. The van der Waals surface area contributed by atoms with Gasteiger partial charge in [-0.15, -0.1) is 0 Å². The van der Waals surface area contributed by atoms with Gasteiger partial charge in [-0.25, -0.2) is 0 Å². The summed E-state index contributed by atoms with van der Waals surface area (Å²) in [5.41, 5.74) is 1.20. The molecule has 0 fully saturated rings. The van der Waals surface area contributed by atoms with E-state index in [0.717, 1.165) is 15.6 Å². The standard InChI is InChI=1S/C19H18OSi/c1-16-12-14-19(15-13-16)21(20,17-8-4-2-5-9-17)18-10-6-3-7-11-18/h2-15,20H,1H3. The lowest BCUT2D eigenvalue weighted by molar-refractivity contribution is 0.583. The molecule has 0 radical (unpaired) electrons. The third-order valence-corrected chi connectivity index (χ3v) is 7.36. The summed E-state index contributed by atoms with van der Waals surface area (Å²) in [7, 11) is -2.90. The van der Waals surface area contributed by atoms with Crippen LogP contribution in [0.25, 0.3) is 0 Å². The number of aryl methyl sites for hydroxylation is 1. The molecule has 104 valence electrons. The Morgan fingerprint density at radius 2 is 0.952 bits per heavy atom. The zero-order valence-corrected chi connectivity index (χ0v) is 13.0. The van der Waals surface area contributed by atoms with Gasteiger partial charge in [0.2, 0.25) is 0 Å². The van der Waals surface area contributed by atoms with Gasteiger partial charge >= 0.3 is 0 Å². The van der Waals surface area contributed by atoms with E-state index < -0.39 is 8.32 Å². The summed E-state index contributed by atoms with van der Waals surface area (Å²) < 4.78 is 0. The van der Waals surface area contributed by atoms with Crippen molar-refractivity contribution in [3.63, 3.8) is 0 Å². The van der Waals surface area contributed by atoms with Crippen molar-refractivity contribution in [2.45, 2.75) is 6.92 Å². The largest absolute Gasteiger partial charge is 0.421 e. The molecule has 0 aliphatic carbocycles. The van der Waals surface area contributed by atoms with Crippen molar-refractivity contribution in [1.29, 1.82) is 0 Å². The highest BCUT2D eigenvalue weighted by molar-refractivity contribution is 7.06. The van der Waals surface area contributed by atoms with Gasteiger partial charge in [0.1, 0.15) is 0 Å². The van der Waals surface area contributed by atoms with Crippen LogP contribution in [0.1, 0.15) is 5.56 Å². The molecule has 3 aromatic carbocycles. The SMILES string of the molecule is Cc1ccc([Si](O)(c2ccccc2)c2ccccc2)cc1. The van der Waals surface area contributed by atoms with Gasteiger partial charge in [0.25, 0.3) is 8.32 Å². The van der Waals surface area contributed by atoms with E-state index >= 15 is 0 Å². The Bertz CT molecular complexity index is 666. The molecule has 0 atom stereocenters. The maximum atomic E-state index is 11.7. The first-order chi connectivity index (χ1) is 10.2. The Morgan fingerprint density at radius 3 is 1.38 bits per heavy atom. The maximum Gasteiger partial charge on any atom is 0.285 e. The van der Waals surface area contributed by atoms with Crippen LogP contribution in [0.3, 0.4) is 0 Å². The van der Waals surface area contributed by atoms with Gasteiger partial charge in [0, 0.05) is 0 Å². The quantitative estimate of drug-likeness (QED) is 0.577. The molecule has 0 aliphatic rings. The number of benzene rings is 3. The molecule has 0 unspecified atom stereocenters. The molecule has 3 rings (SSSR count). The van der Waals surface area contributed by atoms with Crippen molar-refractivity contribution >= 4 is 23.9 Å². The van der Waals surface area contributed by atoms with Gasteiger partial charge in [0.05, 0.1) is 0 Å². The second-order valence-corrected chi connectivity index (χ2v) is 8.46. The Labute approximate surface area is 126 Å². The van der Waals surface area contributed by atoms with Crippen molar-refractivity contribution in [3.8, 4) is 0 Å². The average molecular weight is 290 g/mol. The van der Waals surface area contributed by atoms with E-state index in [1.165, 1.54) is 5.56 Å². The van der Waals surface area contributed by atoms with Crippen LogP contribution in [-0.2, 0) is 0 Å². The normalized spacial score (nSPS) is 11.3. The molecule has 0 aliphatic heterocycles. The fraction of sp³-hybridized carbons (Fsp3) is 0.0526. The van der Waals surface area contributed by atoms with Gasteiger partial charge in [-0.3, -0.25) is 0 Å². The second kappa shape index (κ2) is 5.68. The smallest absolute Gasteiger partial charge is 0.285 e. The molecule has 0 saturated carbocycles. The third kappa shape index (κ3) is 2.56. The van der Waals surface area contributed by atoms with E-state index in [0.29, 0.717) is 0 Å². The van der Waals surface area contributed by atoms with Crippen LogP contribution >= 0.6 is 0 Å². The number of hydrogen-bond donors (Lipinski definition) is 1. The first kappa shape index (κ1) is 13.8. The lowest BCUT2D eigenvalue weighted by Gasteiger charge is -2.27. The number of hydrogen-bond acceptors (Lipinski definition) is 1. The minimum absolute atomic E-state index is 1.01. The van der Waals surface area contributed by atoms with Crippen LogP contribution in [0.5, 0.6) is 0 Å². The van der Waals surface area contributed by atoms with Crippen LogP contribution in [0.2, 0.25) is 0 Å². The molecule has 3 aromatic rings. The third-order valence-electron chi connectivity index (χ3n) is 3.85. The molecule has 1 nitrogen and oxygen atoms in total. The second-order valence-electron chi connectivity index (χ2n) is 5.31. The first-order valence-electron chi connectivity index (χ1n) is 7.12. The summed E-state index contributed by atoms with van der Waals surface area (Å²) in [6, 6.07) is 28.3. The Kier molecular flexibility index (Phi) is 3.73. The van der Waals surface area contributed by atoms with Crippen LogP contribution in [0, 0.1) is 6.92 Å². The Balaban J connectivity index is 2.23. The van der Waals surface area contributed by atoms with Gasteiger partial charge < -0.3 is 4.80 Å². The lowest BCUT2D eigenvalue weighted by Crippen LogP contribution is -2.67. The van der Waals surface area contributed by atoms with E-state index in [1.807, 2.05) is 60.7 Å². The van der Waals surface area contributed by atoms with E-state index in [2.05, 4.69) is 31.2 Å². The van der Waals surface area contributed by atoms with Crippen LogP contribution in [-0.4, -0.2) is 13.1 Å². The molecule has 2 heteroatoms. The zero-order valence-electron chi connectivity index (χ0n) is 12.0. The van der Waals surface area contributed by atoms with Crippen molar-refractivity contribution < 1.29 is 4.80 Å². The molecule has 0 bridgehead atoms. The van der Waals surface area contributed by atoms with Crippen LogP contribution < -0.4 is 15.6 Å². The molecular weight excluding hydrogens is 272 g/mol. The zero-order chi connectivity index (χ0) is 14.7. The fourth-order valence-electron chi connectivity index (χ4n) is 2.65. The Hall–Kier alpha value is -2.16. The van der Waals surface area contributed by atoms with Gasteiger partial charge in [0.15, 0.2) is 0 Å². The van der Waals surface area contributed by atoms with Crippen LogP contribution in [0.15, 0.2) is 84.9 Å². The summed E-state index contributed by atoms with van der Waals surface area (Å²) in [6.07, 6.45) is 0. The molecule has 0 saturated heterocycles. The molecule has 0 heterocycles. The lowest BCUT2D eigenvalue weighted by atomic mass is 10.2. The highest BCUT2D eigenvalue weighted by Crippen LogP contribution is 2.05. The van der Waals surface area contributed by atoms with Crippen molar-refractivity contribution in [2.75, 3.05) is 0 Å². The van der Waals surface area contributed by atoms with Crippen molar-refractivity contribution in [1.82, 2.24) is 0 Å². The predicted molar refractivity (Wildman–Crippen MR) is 90.9 cm³/mol. The maximum absolute atomic E-state index is 11.7. The summed E-state index contributed by atoms with van der Waals surface area (Å²) in [6.45, 7) is 2.06. The monoisotopic (exact) mass is 290 g/mol. The highest BCUT2D eigenvalue weighted by atomic mass is 28.4. The van der Waals surface area contributed by atoms with Crippen molar-refractivity contribution in [2.24, 2.45) is 0 Å². The van der Waals surface area contributed by atoms with E-state index in [-0.39, 0.29) is 0 Å². The molecule has 1 N–H and O–H groups in total. The average Bonchev–Trinajstić information content (AvgIpc) is 2.56. The molecular formula is C19H18OSi. The minimum Gasteiger partial charge on any atom is -0.421 e.